The third-order valence-electron chi connectivity index (χ3n) is 2.21. The van der Waals surface area contributed by atoms with Gasteiger partial charge in [-0.1, -0.05) is 0 Å². The number of carbonyl (C=O) groups is 2. The highest BCUT2D eigenvalue weighted by molar-refractivity contribution is 6.01. The Bertz CT molecular complexity index is 312. The molecule has 0 aromatic carbocycles. The van der Waals surface area contributed by atoms with Crippen LogP contribution in [-0.4, -0.2) is 42.5 Å². The second-order valence-electron chi connectivity index (χ2n) is 3.64. The van der Waals surface area contributed by atoms with Gasteiger partial charge in [-0.05, 0) is 20.8 Å². The van der Waals surface area contributed by atoms with E-state index in [0.29, 0.717) is 6.54 Å². The summed E-state index contributed by atoms with van der Waals surface area (Å²) in [6, 6.07) is 0.722. The summed E-state index contributed by atoms with van der Waals surface area (Å²) in [5.74, 6) is -1.54. The van der Waals surface area contributed by atoms with Gasteiger partial charge in [0.25, 0.3) is 5.91 Å². The molecule has 0 radical (unpaired) electrons. The molecule has 17 heavy (non-hydrogen) atoms. The van der Waals surface area contributed by atoms with Gasteiger partial charge in [0.15, 0.2) is 6.04 Å². The molecule has 0 heterocycles. The molecule has 96 valence electrons. The van der Waals surface area contributed by atoms with E-state index in [9.17, 15) is 9.59 Å². The molecule has 0 aliphatic carbocycles. The Morgan fingerprint density at radius 3 is 2.47 bits per heavy atom. The van der Waals surface area contributed by atoms with Crippen molar-refractivity contribution >= 4 is 11.9 Å². The highest BCUT2D eigenvalue weighted by Gasteiger charge is 2.28. The van der Waals surface area contributed by atoms with Crippen LogP contribution in [0.5, 0.6) is 0 Å². The predicted octanol–water partition coefficient (Wildman–Crippen LogP) is -0.115. The first-order chi connectivity index (χ1) is 7.97. The zero-order valence-corrected chi connectivity index (χ0v) is 10.5. The number of amides is 1. The Hall–Kier alpha value is -1.61. The summed E-state index contributed by atoms with van der Waals surface area (Å²) in [7, 11) is 0. The second-order valence-corrected chi connectivity index (χ2v) is 3.64. The zero-order valence-electron chi connectivity index (χ0n) is 10.5. The van der Waals surface area contributed by atoms with Gasteiger partial charge in [0.1, 0.15) is 0 Å². The summed E-state index contributed by atoms with van der Waals surface area (Å²) in [5.41, 5.74) is 5.49. The fraction of sp³-hybridized carbons (Fsp3) is 0.727. The first-order valence-electron chi connectivity index (χ1n) is 5.58. The van der Waals surface area contributed by atoms with Crippen molar-refractivity contribution in [1.29, 1.82) is 5.26 Å². The largest absolute Gasteiger partial charge is 0.464 e. The van der Waals surface area contributed by atoms with Gasteiger partial charge in [-0.3, -0.25) is 4.79 Å². The van der Waals surface area contributed by atoms with E-state index in [-0.39, 0.29) is 19.1 Å². The van der Waals surface area contributed by atoms with Gasteiger partial charge >= 0.3 is 5.97 Å². The molecule has 1 amide bonds. The van der Waals surface area contributed by atoms with E-state index in [0.717, 1.165) is 0 Å². The van der Waals surface area contributed by atoms with E-state index < -0.39 is 17.9 Å². The molecule has 0 aromatic rings. The molecule has 2 N–H and O–H groups in total. The minimum atomic E-state index is -1.30. The fourth-order valence-corrected chi connectivity index (χ4v) is 1.28. The number of nitrogens with zero attached hydrogens (tertiary/aromatic N) is 2. The quantitative estimate of drug-likeness (QED) is 0.516. The van der Waals surface area contributed by atoms with Gasteiger partial charge < -0.3 is 15.4 Å². The molecule has 0 aliphatic heterocycles. The molecule has 0 aliphatic rings. The molecule has 2 unspecified atom stereocenters. The van der Waals surface area contributed by atoms with Gasteiger partial charge in [-0.2, -0.15) is 5.26 Å². The van der Waals surface area contributed by atoms with Crippen molar-refractivity contribution < 1.29 is 14.3 Å². The van der Waals surface area contributed by atoms with Crippen molar-refractivity contribution in [1.82, 2.24) is 4.90 Å². The normalized spacial score (nSPS) is 13.4. The standard InChI is InChI=1S/C11H19N3O3/c1-4-14(7-8(3)6-12)10(15)9(13)11(16)17-5-2/h8-9H,4-5,7,13H2,1-3H3. The second kappa shape index (κ2) is 7.63. The molecule has 0 aromatic heterocycles. The Morgan fingerprint density at radius 2 is 2.06 bits per heavy atom. The number of esters is 1. The summed E-state index contributed by atoms with van der Waals surface area (Å²) in [5, 5.41) is 8.68. The van der Waals surface area contributed by atoms with Crippen LogP contribution in [0, 0.1) is 17.2 Å². The number of rotatable bonds is 6. The number of hydrogen-bond donors (Lipinski definition) is 1. The number of nitrogens with two attached hydrogens (primary N) is 1. The zero-order chi connectivity index (χ0) is 13.4. The summed E-state index contributed by atoms with van der Waals surface area (Å²) in [6.45, 7) is 5.95. The van der Waals surface area contributed by atoms with Crippen molar-refractivity contribution in [3.8, 4) is 6.07 Å². The van der Waals surface area contributed by atoms with Crippen LogP contribution in [0.1, 0.15) is 20.8 Å². The van der Waals surface area contributed by atoms with Crippen LogP contribution in [-0.2, 0) is 14.3 Å². The lowest BCUT2D eigenvalue weighted by Crippen LogP contribution is -2.49. The van der Waals surface area contributed by atoms with Crippen LogP contribution in [0.3, 0.4) is 0 Å². The van der Waals surface area contributed by atoms with Crippen LogP contribution in [0.15, 0.2) is 0 Å². The minimum Gasteiger partial charge on any atom is -0.464 e. The van der Waals surface area contributed by atoms with Gasteiger partial charge in [0.05, 0.1) is 18.6 Å². The number of ether oxygens (including phenoxy) is 1. The Morgan fingerprint density at radius 1 is 1.47 bits per heavy atom. The van der Waals surface area contributed by atoms with Crippen molar-refractivity contribution in [2.75, 3.05) is 19.7 Å². The third-order valence-corrected chi connectivity index (χ3v) is 2.21. The average Bonchev–Trinajstić information content (AvgIpc) is 2.33. The number of hydrogen-bond acceptors (Lipinski definition) is 5. The molecule has 6 heteroatoms. The van der Waals surface area contributed by atoms with Gasteiger partial charge in [-0.15, -0.1) is 0 Å². The summed E-state index contributed by atoms with van der Waals surface area (Å²) in [4.78, 5) is 24.5. The first kappa shape index (κ1) is 15.4. The number of nitriles is 1. The van der Waals surface area contributed by atoms with Crippen molar-refractivity contribution in [3.63, 3.8) is 0 Å². The summed E-state index contributed by atoms with van der Waals surface area (Å²) >= 11 is 0. The van der Waals surface area contributed by atoms with E-state index in [1.807, 2.05) is 6.07 Å². The molecule has 2 atom stereocenters. The molecule has 0 rings (SSSR count). The lowest BCUT2D eigenvalue weighted by Gasteiger charge is -2.24. The summed E-state index contributed by atoms with van der Waals surface area (Å²) < 4.78 is 4.67. The molecule has 0 spiro atoms. The Kier molecular flexibility index (Phi) is 6.91. The number of carbonyl (C=O) groups excluding carboxylic acids is 2. The van der Waals surface area contributed by atoms with Gasteiger partial charge in [0, 0.05) is 13.1 Å². The highest BCUT2D eigenvalue weighted by atomic mass is 16.5. The van der Waals surface area contributed by atoms with E-state index in [2.05, 4.69) is 4.74 Å². The topological polar surface area (TPSA) is 96.4 Å². The molecule has 6 nitrogen and oxygen atoms in total. The molecule has 0 fully saturated rings. The van der Waals surface area contributed by atoms with Crippen LogP contribution in [0.4, 0.5) is 0 Å². The van der Waals surface area contributed by atoms with Crippen LogP contribution in [0.2, 0.25) is 0 Å². The van der Waals surface area contributed by atoms with E-state index in [1.54, 1.807) is 20.8 Å². The smallest absolute Gasteiger partial charge is 0.332 e. The molecule has 0 saturated carbocycles. The maximum atomic E-state index is 11.8. The van der Waals surface area contributed by atoms with Gasteiger partial charge in [-0.25, -0.2) is 4.79 Å². The van der Waals surface area contributed by atoms with Crippen molar-refractivity contribution in [3.05, 3.63) is 0 Å². The van der Waals surface area contributed by atoms with E-state index in [4.69, 9.17) is 11.0 Å². The maximum Gasteiger partial charge on any atom is 0.332 e. The summed E-state index contributed by atoms with van der Waals surface area (Å²) in [6.07, 6.45) is 0. The van der Waals surface area contributed by atoms with Crippen molar-refractivity contribution in [2.45, 2.75) is 26.8 Å². The lowest BCUT2D eigenvalue weighted by atomic mass is 10.1. The molecular formula is C11H19N3O3. The SMILES string of the molecule is CCOC(=O)C(N)C(=O)N(CC)CC(C)C#N. The molecule has 0 bridgehead atoms. The van der Waals surface area contributed by atoms with Gasteiger partial charge in [0.2, 0.25) is 0 Å². The highest BCUT2D eigenvalue weighted by Crippen LogP contribution is 2.02. The van der Waals surface area contributed by atoms with Crippen LogP contribution in [0.25, 0.3) is 0 Å². The Labute approximate surface area is 101 Å². The van der Waals surface area contributed by atoms with Crippen molar-refractivity contribution in [2.24, 2.45) is 11.7 Å². The van der Waals surface area contributed by atoms with E-state index >= 15 is 0 Å². The lowest BCUT2D eigenvalue weighted by molar-refractivity contribution is -0.151. The van der Waals surface area contributed by atoms with E-state index in [1.165, 1.54) is 4.90 Å². The predicted molar refractivity (Wildman–Crippen MR) is 61.6 cm³/mol. The fourth-order valence-electron chi connectivity index (χ4n) is 1.28. The number of likely N-dealkylation sites (N-methyl/N-ethyl adjacent to an activating group) is 1. The Balaban J connectivity index is 4.53. The van der Waals surface area contributed by atoms with Crippen LogP contribution < -0.4 is 5.73 Å². The first-order valence-corrected chi connectivity index (χ1v) is 5.58. The maximum absolute atomic E-state index is 11.8. The average molecular weight is 241 g/mol. The molecule has 0 saturated heterocycles. The monoisotopic (exact) mass is 241 g/mol. The minimum absolute atomic E-state index is 0.181. The molecular weight excluding hydrogens is 222 g/mol. The third kappa shape index (κ3) is 4.83. The van der Waals surface area contributed by atoms with Crippen LogP contribution >= 0.6 is 0 Å².